The predicted octanol–water partition coefficient (Wildman–Crippen LogP) is 5.79. The Labute approximate surface area is 183 Å². The molecule has 0 atom stereocenters. The molecule has 6 nitrogen and oxygen atoms in total. The van der Waals surface area contributed by atoms with E-state index in [9.17, 15) is 4.79 Å². The number of hydrogen-bond donors (Lipinski definition) is 1. The highest BCUT2D eigenvalue weighted by Crippen LogP contribution is 2.29. The van der Waals surface area contributed by atoms with Gasteiger partial charge in [-0.3, -0.25) is 0 Å². The van der Waals surface area contributed by atoms with Gasteiger partial charge in [-0.1, -0.05) is 67.9 Å². The Morgan fingerprint density at radius 3 is 2.42 bits per heavy atom. The number of carbonyl (C=O) groups is 1. The second-order valence-electron chi connectivity index (χ2n) is 7.86. The van der Waals surface area contributed by atoms with E-state index in [1.54, 1.807) is 5.06 Å². The first-order valence-corrected chi connectivity index (χ1v) is 11.0. The zero-order valence-corrected chi connectivity index (χ0v) is 17.9. The molecule has 0 bridgehead atoms. The molecule has 0 amide bonds. The summed E-state index contributed by atoms with van der Waals surface area (Å²) < 4.78 is 5.06. The largest absolute Gasteiger partial charge is 0.527 e. The fourth-order valence-electron chi connectivity index (χ4n) is 3.81. The summed E-state index contributed by atoms with van der Waals surface area (Å²) >= 11 is 0. The van der Waals surface area contributed by atoms with Crippen LogP contribution in [-0.2, 0) is 9.57 Å². The fourth-order valence-corrected chi connectivity index (χ4v) is 3.81. The summed E-state index contributed by atoms with van der Waals surface area (Å²) in [4.78, 5) is 25.2. The number of aromatic nitrogens is 2. The van der Waals surface area contributed by atoms with Gasteiger partial charge in [0.1, 0.15) is 5.82 Å². The SMILES string of the molecule is CCCCOC(=O)ON1CCC(c2nc(-c3ccc(-c4ccccc4)cc3)c[nH]2)CC1. The van der Waals surface area contributed by atoms with Crippen LogP contribution < -0.4 is 0 Å². The van der Waals surface area contributed by atoms with Crippen LogP contribution in [0.3, 0.4) is 0 Å². The highest BCUT2D eigenvalue weighted by atomic mass is 16.8. The number of aromatic amines is 1. The van der Waals surface area contributed by atoms with E-state index in [1.807, 2.05) is 12.3 Å². The lowest BCUT2D eigenvalue weighted by Crippen LogP contribution is -2.35. The Kier molecular flexibility index (Phi) is 6.99. The summed E-state index contributed by atoms with van der Waals surface area (Å²) in [5.41, 5.74) is 4.45. The maximum Gasteiger partial charge on any atom is 0.527 e. The molecule has 6 heteroatoms. The van der Waals surface area contributed by atoms with Crippen LogP contribution in [0.25, 0.3) is 22.4 Å². The van der Waals surface area contributed by atoms with Gasteiger partial charge in [-0.15, -0.1) is 5.06 Å². The molecule has 31 heavy (non-hydrogen) atoms. The van der Waals surface area contributed by atoms with Gasteiger partial charge in [0.15, 0.2) is 0 Å². The topological polar surface area (TPSA) is 67.5 Å². The average Bonchev–Trinajstić information content (AvgIpc) is 3.31. The third-order valence-corrected chi connectivity index (χ3v) is 5.65. The lowest BCUT2D eigenvalue weighted by atomic mass is 9.97. The van der Waals surface area contributed by atoms with Gasteiger partial charge in [0, 0.05) is 30.8 Å². The van der Waals surface area contributed by atoms with Gasteiger partial charge in [0.25, 0.3) is 0 Å². The second kappa shape index (κ2) is 10.3. The van der Waals surface area contributed by atoms with Gasteiger partial charge in [-0.25, -0.2) is 9.78 Å². The van der Waals surface area contributed by atoms with E-state index in [0.29, 0.717) is 25.6 Å². The van der Waals surface area contributed by atoms with Gasteiger partial charge >= 0.3 is 6.16 Å². The number of rotatable bonds is 7. The van der Waals surface area contributed by atoms with Crippen LogP contribution in [0.15, 0.2) is 60.8 Å². The van der Waals surface area contributed by atoms with Crippen molar-refractivity contribution in [2.24, 2.45) is 0 Å². The number of hydroxylamine groups is 2. The van der Waals surface area contributed by atoms with Gasteiger partial charge in [0.05, 0.1) is 12.3 Å². The maximum absolute atomic E-state index is 11.7. The highest BCUT2D eigenvalue weighted by Gasteiger charge is 2.25. The first-order valence-electron chi connectivity index (χ1n) is 11.0. The molecule has 1 aliphatic heterocycles. The minimum Gasteiger partial charge on any atom is -0.433 e. The molecule has 0 saturated carbocycles. The molecule has 1 N–H and O–H groups in total. The molecule has 3 aromatic rings. The van der Waals surface area contributed by atoms with Crippen molar-refractivity contribution in [1.82, 2.24) is 15.0 Å². The lowest BCUT2D eigenvalue weighted by molar-refractivity contribution is -0.139. The number of nitrogens with zero attached hydrogens (tertiary/aromatic N) is 2. The van der Waals surface area contributed by atoms with Crippen LogP contribution in [0.5, 0.6) is 0 Å². The Morgan fingerprint density at radius 1 is 1.03 bits per heavy atom. The summed E-state index contributed by atoms with van der Waals surface area (Å²) in [7, 11) is 0. The molecule has 162 valence electrons. The van der Waals surface area contributed by atoms with Crippen molar-refractivity contribution in [3.05, 3.63) is 66.6 Å². The van der Waals surface area contributed by atoms with Crippen LogP contribution in [-0.4, -0.2) is 40.9 Å². The normalized spacial score (nSPS) is 15.0. The Balaban J connectivity index is 1.31. The van der Waals surface area contributed by atoms with Gasteiger partial charge in [0.2, 0.25) is 0 Å². The highest BCUT2D eigenvalue weighted by molar-refractivity contribution is 5.68. The molecular formula is C25H29N3O3. The number of ether oxygens (including phenoxy) is 1. The molecule has 1 fully saturated rings. The smallest absolute Gasteiger partial charge is 0.433 e. The molecule has 0 spiro atoms. The van der Waals surface area contributed by atoms with Crippen molar-refractivity contribution in [1.29, 1.82) is 0 Å². The summed E-state index contributed by atoms with van der Waals surface area (Å²) in [6.07, 6.45) is 4.96. The van der Waals surface area contributed by atoms with Crippen molar-refractivity contribution in [2.75, 3.05) is 19.7 Å². The summed E-state index contributed by atoms with van der Waals surface area (Å²) in [6, 6.07) is 18.9. The Morgan fingerprint density at radius 2 is 1.71 bits per heavy atom. The number of unbranched alkanes of at least 4 members (excludes halogenated alkanes) is 1. The van der Waals surface area contributed by atoms with Crippen LogP contribution in [0.2, 0.25) is 0 Å². The molecule has 2 aromatic carbocycles. The van der Waals surface area contributed by atoms with Crippen molar-refractivity contribution in [3.8, 4) is 22.4 Å². The van der Waals surface area contributed by atoms with E-state index in [1.165, 1.54) is 11.1 Å². The predicted molar refractivity (Wildman–Crippen MR) is 120 cm³/mol. The number of H-pyrrole nitrogens is 1. The van der Waals surface area contributed by atoms with Crippen LogP contribution in [0.4, 0.5) is 4.79 Å². The van der Waals surface area contributed by atoms with Crippen LogP contribution in [0.1, 0.15) is 44.3 Å². The number of hydrogen-bond acceptors (Lipinski definition) is 5. The molecule has 2 heterocycles. The number of piperidine rings is 1. The third-order valence-electron chi connectivity index (χ3n) is 5.65. The van der Waals surface area contributed by atoms with E-state index < -0.39 is 6.16 Å². The molecule has 0 radical (unpaired) electrons. The molecule has 4 rings (SSSR count). The van der Waals surface area contributed by atoms with Gasteiger partial charge < -0.3 is 14.6 Å². The number of carbonyl (C=O) groups excluding carboxylic acids is 1. The monoisotopic (exact) mass is 419 g/mol. The maximum atomic E-state index is 11.7. The molecule has 0 aliphatic carbocycles. The van der Waals surface area contributed by atoms with Crippen molar-refractivity contribution in [2.45, 2.75) is 38.5 Å². The molecule has 1 aromatic heterocycles. The van der Waals surface area contributed by atoms with E-state index in [2.05, 4.69) is 60.4 Å². The van der Waals surface area contributed by atoms with E-state index in [0.717, 1.165) is 42.8 Å². The summed E-state index contributed by atoms with van der Waals surface area (Å²) in [5.74, 6) is 1.32. The van der Waals surface area contributed by atoms with Gasteiger partial charge in [-0.2, -0.15) is 0 Å². The Hall–Kier alpha value is -3.12. The quantitative estimate of drug-likeness (QED) is 0.388. The summed E-state index contributed by atoms with van der Waals surface area (Å²) in [5, 5.41) is 1.69. The average molecular weight is 420 g/mol. The first-order chi connectivity index (χ1) is 15.2. The number of benzene rings is 2. The standard InChI is InChI=1S/C25H29N3O3/c1-2-3-17-30-25(29)31-28-15-13-22(14-16-28)24-26-18-23(27-24)21-11-9-20(10-12-21)19-7-5-4-6-8-19/h4-12,18,22H,2-3,13-17H2,1H3,(H,26,27). The molecule has 1 aliphatic rings. The Bertz CT molecular complexity index is 961. The molecular weight excluding hydrogens is 390 g/mol. The molecule has 0 unspecified atom stereocenters. The third kappa shape index (κ3) is 5.52. The minimum atomic E-state index is -0.605. The number of nitrogens with one attached hydrogen (secondary N) is 1. The van der Waals surface area contributed by atoms with E-state index in [4.69, 9.17) is 14.6 Å². The van der Waals surface area contributed by atoms with Crippen molar-refractivity contribution >= 4 is 6.16 Å². The first kappa shape index (κ1) is 21.1. The van der Waals surface area contributed by atoms with Gasteiger partial charge in [-0.05, 0) is 30.4 Å². The lowest BCUT2D eigenvalue weighted by Gasteiger charge is -2.29. The molecule has 1 saturated heterocycles. The van der Waals surface area contributed by atoms with Crippen molar-refractivity contribution in [3.63, 3.8) is 0 Å². The number of imidazole rings is 1. The second-order valence-corrected chi connectivity index (χ2v) is 7.86. The van der Waals surface area contributed by atoms with Crippen LogP contribution >= 0.6 is 0 Å². The van der Waals surface area contributed by atoms with E-state index in [-0.39, 0.29) is 0 Å². The fraction of sp³-hybridized carbons (Fsp3) is 0.360. The van der Waals surface area contributed by atoms with E-state index >= 15 is 0 Å². The zero-order valence-electron chi connectivity index (χ0n) is 17.9. The summed E-state index contributed by atoms with van der Waals surface area (Å²) in [6.45, 7) is 3.82. The minimum absolute atomic E-state index is 0.327. The zero-order chi connectivity index (χ0) is 21.5. The van der Waals surface area contributed by atoms with Crippen LogP contribution in [0, 0.1) is 0 Å². The van der Waals surface area contributed by atoms with Crippen molar-refractivity contribution < 1.29 is 14.4 Å².